The Hall–Kier alpha value is -2.22. The van der Waals surface area contributed by atoms with Crippen molar-refractivity contribution in [2.75, 3.05) is 0 Å². The first kappa shape index (κ1) is 39.2. The zero-order valence-corrected chi connectivity index (χ0v) is 34.8. The molecular formula is C43H50Cl2SiZr. The van der Waals surface area contributed by atoms with Crippen LogP contribution in [0.4, 0.5) is 0 Å². The van der Waals surface area contributed by atoms with Crippen molar-refractivity contribution in [2.45, 2.75) is 85.7 Å². The fourth-order valence-electron chi connectivity index (χ4n) is 5.68. The number of hydrogen-bond donors (Lipinski definition) is 0. The van der Waals surface area contributed by atoms with Crippen LogP contribution in [0.15, 0.2) is 109 Å². The average molecular weight is 757 g/mol. The Morgan fingerprint density at radius 2 is 1.09 bits per heavy atom. The summed E-state index contributed by atoms with van der Waals surface area (Å²) in [6, 6.07) is 40.4. The number of benzene rings is 4. The molecule has 0 spiro atoms. The summed E-state index contributed by atoms with van der Waals surface area (Å²) in [5.74, 6) is 1.16. The quantitative estimate of drug-likeness (QED) is 0.124. The Bertz CT molecular complexity index is 1800. The first-order chi connectivity index (χ1) is 22.3. The van der Waals surface area contributed by atoms with Gasteiger partial charge in [-0.3, -0.25) is 0 Å². The van der Waals surface area contributed by atoms with E-state index in [-0.39, 0.29) is 5.41 Å². The molecule has 0 unspecified atom stereocenters. The number of rotatable bonds is 4. The van der Waals surface area contributed by atoms with Crippen molar-refractivity contribution < 1.29 is 20.8 Å². The Balaban J connectivity index is 0.000000219. The molecule has 0 aliphatic carbocycles. The summed E-state index contributed by atoms with van der Waals surface area (Å²) < 4.78 is 0. The molecule has 244 valence electrons. The van der Waals surface area contributed by atoms with Crippen LogP contribution in [-0.4, -0.2) is 9.52 Å². The molecule has 0 atom stereocenters. The Morgan fingerprint density at radius 3 is 1.53 bits per heavy atom. The average Bonchev–Trinajstić information content (AvgIpc) is 3.65. The molecule has 4 heteroatoms. The molecule has 0 saturated carbocycles. The van der Waals surface area contributed by atoms with Crippen LogP contribution in [0.1, 0.15) is 82.6 Å². The monoisotopic (exact) mass is 754 g/mol. The molecule has 0 aromatic heterocycles. The fraction of sp³-hybridized carbons (Fsp3) is 0.302. The second kappa shape index (κ2) is 18.5. The van der Waals surface area contributed by atoms with Gasteiger partial charge in [0.2, 0.25) is 0 Å². The van der Waals surface area contributed by atoms with Crippen LogP contribution < -0.4 is 0 Å². The normalized spacial score (nSPS) is 10.9. The summed E-state index contributed by atoms with van der Waals surface area (Å²) >= 11 is -0.826. The fourth-order valence-corrected chi connectivity index (χ4v) is 5.68. The van der Waals surface area contributed by atoms with Crippen molar-refractivity contribution in [1.82, 2.24) is 0 Å². The number of hydrogen-bond acceptors (Lipinski definition) is 0. The van der Waals surface area contributed by atoms with Gasteiger partial charge in [0.25, 0.3) is 0 Å². The molecule has 6 aromatic carbocycles. The van der Waals surface area contributed by atoms with Crippen molar-refractivity contribution in [2.24, 2.45) is 0 Å². The third kappa shape index (κ3) is 10.9. The van der Waals surface area contributed by atoms with E-state index in [1.807, 2.05) is 0 Å². The number of halogens is 2. The van der Waals surface area contributed by atoms with Gasteiger partial charge in [-0.1, -0.05) is 140 Å². The molecule has 47 heavy (non-hydrogen) atoms. The van der Waals surface area contributed by atoms with Crippen LogP contribution >= 0.6 is 17.0 Å². The van der Waals surface area contributed by atoms with E-state index in [1.165, 1.54) is 66.1 Å². The van der Waals surface area contributed by atoms with E-state index in [0.29, 0.717) is 11.8 Å². The summed E-state index contributed by atoms with van der Waals surface area (Å²) in [6.07, 6.45) is 0. The molecule has 0 fully saturated rings. The molecular weight excluding hydrogens is 707 g/mol. The zero-order valence-electron chi connectivity index (χ0n) is 29.8. The predicted octanol–water partition coefficient (Wildman–Crippen LogP) is 14.5. The van der Waals surface area contributed by atoms with Gasteiger partial charge in [-0.05, 0) is 39.5 Å². The van der Waals surface area contributed by atoms with Crippen molar-refractivity contribution in [1.29, 1.82) is 0 Å². The van der Waals surface area contributed by atoms with Crippen LogP contribution in [0.2, 0.25) is 13.1 Å². The molecule has 0 aliphatic heterocycles. The number of aryl methyl sites for hydroxylation is 1. The third-order valence-electron chi connectivity index (χ3n) is 8.29. The minimum atomic E-state index is -0.826. The van der Waals surface area contributed by atoms with Crippen LogP contribution in [0.25, 0.3) is 43.8 Å². The molecule has 0 N–H and O–H groups in total. The van der Waals surface area contributed by atoms with E-state index >= 15 is 0 Å². The van der Waals surface area contributed by atoms with Crippen molar-refractivity contribution in [3.63, 3.8) is 0 Å². The van der Waals surface area contributed by atoms with Gasteiger partial charge in [-0.2, -0.15) is 12.1 Å². The molecule has 0 heterocycles. The molecule has 0 amide bonds. The van der Waals surface area contributed by atoms with Gasteiger partial charge in [0.05, 0.1) is 0 Å². The second-order valence-corrected chi connectivity index (χ2v) is 18.5. The summed E-state index contributed by atoms with van der Waals surface area (Å²) in [4.78, 5) is 0. The van der Waals surface area contributed by atoms with E-state index in [4.69, 9.17) is 17.0 Å². The predicted molar refractivity (Wildman–Crippen MR) is 211 cm³/mol. The summed E-state index contributed by atoms with van der Waals surface area (Å²) in [7, 11) is 11.0. The second-order valence-electron chi connectivity index (χ2n) is 13.8. The molecule has 6 rings (SSSR count). The van der Waals surface area contributed by atoms with Gasteiger partial charge in [-0.25, -0.2) is 0 Å². The maximum absolute atomic E-state index is 4.93. The molecule has 0 nitrogen and oxygen atoms in total. The Labute approximate surface area is 306 Å². The van der Waals surface area contributed by atoms with Crippen LogP contribution in [0.3, 0.4) is 0 Å². The van der Waals surface area contributed by atoms with Crippen molar-refractivity contribution in [3.05, 3.63) is 131 Å². The summed E-state index contributed by atoms with van der Waals surface area (Å²) in [5.41, 5.74) is 11.0. The van der Waals surface area contributed by atoms with E-state index in [9.17, 15) is 0 Å². The molecule has 0 bridgehead atoms. The van der Waals surface area contributed by atoms with Gasteiger partial charge >= 0.3 is 37.9 Å². The van der Waals surface area contributed by atoms with Gasteiger partial charge < -0.3 is 0 Å². The summed E-state index contributed by atoms with van der Waals surface area (Å²) in [5, 5.41) is 5.41. The Kier molecular flexibility index (Phi) is 15.5. The SMILES string of the molecule is CC(C)c1ccc(-c2cccc3[cH-]c(C(C)C)cc23)cc1.C[Si]C.Cc1cc2c(-c3ccc(C(C)(C)C)cc3)cccc2[cH-]1.[Cl][Zr+2][Cl]. The van der Waals surface area contributed by atoms with E-state index in [1.54, 1.807) is 0 Å². The maximum atomic E-state index is 4.93. The number of fused-ring (bicyclic) bond motifs is 2. The van der Waals surface area contributed by atoms with Gasteiger partial charge in [0.15, 0.2) is 0 Å². The minimum absolute atomic E-state index is 0.210. The Morgan fingerprint density at radius 1 is 0.638 bits per heavy atom. The van der Waals surface area contributed by atoms with Crippen LogP contribution in [-0.2, 0) is 26.3 Å². The van der Waals surface area contributed by atoms with Crippen LogP contribution in [0, 0.1) is 6.92 Å². The van der Waals surface area contributed by atoms with Gasteiger partial charge in [0, 0.05) is 9.52 Å². The molecule has 2 radical (unpaired) electrons. The first-order valence-electron chi connectivity index (χ1n) is 16.5. The molecule has 0 aliphatic rings. The van der Waals surface area contributed by atoms with Gasteiger partial charge in [-0.15, -0.1) is 69.1 Å². The van der Waals surface area contributed by atoms with E-state index in [2.05, 4.69) is 178 Å². The molecule has 0 saturated heterocycles. The van der Waals surface area contributed by atoms with E-state index < -0.39 is 20.8 Å². The van der Waals surface area contributed by atoms with Crippen LogP contribution in [0.5, 0.6) is 0 Å². The topological polar surface area (TPSA) is 0 Å². The molecule has 6 aromatic rings. The standard InChI is InChI=1S/C21H23.C20H21.C2H6Si.2ClH.Zr/c1-14(2)16-8-10-17(11-9-16)20-7-5-6-18-12-19(15(3)4)13-21(18)20;1-14-12-16-6-5-7-18(19(16)13-14)15-8-10-17(11-9-15)20(2,3)4;1-3-2;;;/h5-15H,1-4H3;5-13H,1-4H3;1-2H3;2*1H;/q2*-1;;;;+4/p-2. The van der Waals surface area contributed by atoms with Crippen molar-refractivity contribution >= 4 is 48.1 Å². The zero-order chi connectivity index (χ0) is 34.7. The van der Waals surface area contributed by atoms with E-state index in [0.717, 1.165) is 9.52 Å². The van der Waals surface area contributed by atoms with Crippen molar-refractivity contribution in [3.8, 4) is 22.3 Å². The summed E-state index contributed by atoms with van der Waals surface area (Å²) in [6.45, 7) is 22.2. The third-order valence-corrected chi connectivity index (χ3v) is 8.29. The van der Waals surface area contributed by atoms with Gasteiger partial charge in [0.1, 0.15) is 0 Å². The first-order valence-corrected chi connectivity index (χ1v) is 24.8.